The van der Waals surface area contributed by atoms with Crippen LogP contribution in [0.25, 0.3) is 0 Å². The number of carboxylic acid groups (broad SMARTS) is 2. The van der Waals surface area contributed by atoms with Crippen molar-refractivity contribution in [2.24, 2.45) is 0 Å². The number of ether oxygens (including phenoxy) is 2. The molecule has 0 bridgehead atoms. The normalized spacial score (nSPS) is 10.3. The van der Waals surface area contributed by atoms with Gasteiger partial charge in [0.25, 0.3) is 0 Å². The number of carbonyl (C=O) groups is 3. The maximum atomic E-state index is 11.9. The Morgan fingerprint density at radius 2 is 1.35 bits per heavy atom. The summed E-state index contributed by atoms with van der Waals surface area (Å²) in [7, 11) is 0. The summed E-state index contributed by atoms with van der Waals surface area (Å²) < 4.78 is 9.82. The van der Waals surface area contributed by atoms with Crippen molar-refractivity contribution in [2.45, 2.75) is 45.6 Å². The topological polar surface area (TPSA) is 116 Å². The second kappa shape index (κ2) is 12.9. The van der Waals surface area contributed by atoms with Crippen molar-refractivity contribution in [3.05, 3.63) is 29.3 Å². The van der Waals surface area contributed by atoms with E-state index in [1.165, 1.54) is 0 Å². The van der Waals surface area contributed by atoms with Crippen LogP contribution in [-0.2, 0) is 19.1 Å². The third-order valence-corrected chi connectivity index (χ3v) is 3.33. The summed E-state index contributed by atoms with van der Waals surface area (Å²) in [6.07, 6.45) is -2.33. The number of hydrogen-bond acceptors (Lipinski definition) is 7. The number of para-hydroxylation sites is 1. The summed E-state index contributed by atoms with van der Waals surface area (Å²) in [6.45, 7) is 6.91. The number of carboxylic acids is 2. The van der Waals surface area contributed by atoms with Gasteiger partial charge in [-0.25, -0.2) is 4.79 Å². The first-order chi connectivity index (χ1) is 11.1. The van der Waals surface area contributed by atoms with Gasteiger partial charge in [0.05, 0.1) is 11.9 Å². The Bertz CT molecular complexity index is 589. The van der Waals surface area contributed by atoms with Crippen LogP contribution >= 0.6 is 0 Å². The van der Waals surface area contributed by atoms with Gasteiger partial charge in [0.15, 0.2) is 0 Å². The molecular formula is C17H20Na2O7. The summed E-state index contributed by atoms with van der Waals surface area (Å²) in [5.41, 5.74) is 1.62. The van der Waals surface area contributed by atoms with Crippen molar-refractivity contribution in [2.75, 3.05) is 6.61 Å². The summed E-state index contributed by atoms with van der Waals surface area (Å²) in [5.74, 6) is -4.33. The summed E-state index contributed by atoms with van der Waals surface area (Å²) in [6, 6.07) is 5.51. The van der Waals surface area contributed by atoms with E-state index in [0.717, 1.165) is 11.1 Å². The average Bonchev–Trinajstić information content (AvgIpc) is 2.46. The molecule has 0 saturated carbocycles. The zero-order chi connectivity index (χ0) is 18.4. The van der Waals surface area contributed by atoms with Gasteiger partial charge < -0.3 is 29.3 Å². The molecule has 0 heterocycles. The minimum absolute atomic E-state index is 0. The summed E-state index contributed by atoms with van der Waals surface area (Å²) in [4.78, 5) is 33.1. The van der Waals surface area contributed by atoms with Gasteiger partial charge in [0.2, 0.25) is 0 Å². The van der Waals surface area contributed by atoms with Crippen LogP contribution < -0.4 is 74.1 Å². The van der Waals surface area contributed by atoms with E-state index in [1.807, 2.05) is 45.9 Å². The molecule has 132 valence electrons. The molecule has 1 rings (SSSR count). The van der Waals surface area contributed by atoms with Crippen LogP contribution in [0.4, 0.5) is 0 Å². The van der Waals surface area contributed by atoms with E-state index in [2.05, 4.69) is 4.74 Å². The fraction of sp³-hybridized carbons (Fsp3) is 0.471. The third kappa shape index (κ3) is 8.08. The van der Waals surface area contributed by atoms with Crippen LogP contribution in [0, 0.1) is 0 Å². The van der Waals surface area contributed by atoms with Crippen LogP contribution in [0.3, 0.4) is 0 Å². The smallest absolute Gasteiger partial charge is 0.547 e. The molecule has 0 spiro atoms. The van der Waals surface area contributed by atoms with Crippen molar-refractivity contribution in [3.8, 4) is 5.75 Å². The molecule has 0 saturated heterocycles. The zero-order valence-corrected chi connectivity index (χ0v) is 20.0. The second-order valence-corrected chi connectivity index (χ2v) is 5.88. The number of carbonyl (C=O) groups excluding carboxylic acids is 3. The fourth-order valence-corrected chi connectivity index (χ4v) is 2.13. The van der Waals surface area contributed by atoms with Gasteiger partial charge in [-0.1, -0.05) is 45.9 Å². The van der Waals surface area contributed by atoms with Crippen LogP contribution in [-0.4, -0.2) is 30.6 Å². The molecule has 7 nitrogen and oxygen atoms in total. The van der Waals surface area contributed by atoms with Gasteiger partial charge in [-0.3, -0.25) is 0 Å². The predicted molar refractivity (Wildman–Crippen MR) is 80.0 cm³/mol. The van der Waals surface area contributed by atoms with Crippen LogP contribution in [0.2, 0.25) is 0 Å². The summed E-state index contributed by atoms with van der Waals surface area (Å²) in [5, 5.41) is 21.2. The van der Waals surface area contributed by atoms with Crippen LogP contribution in [0.15, 0.2) is 18.2 Å². The quantitative estimate of drug-likeness (QED) is 0.190. The van der Waals surface area contributed by atoms with Crippen molar-refractivity contribution >= 4 is 17.9 Å². The van der Waals surface area contributed by atoms with E-state index in [-0.39, 0.29) is 71.0 Å². The van der Waals surface area contributed by atoms with Crippen LogP contribution in [0.5, 0.6) is 5.75 Å². The number of esters is 1. The van der Waals surface area contributed by atoms with Crippen LogP contribution in [0.1, 0.15) is 50.7 Å². The minimum Gasteiger partial charge on any atom is -0.547 e. The Morgan fingerprint density at radius 3 is 1.69 bits per heavy atom. The largest absolute Gasteiger partial charge is 1.00 e. The maximum Gasteiger partial charge on any atom is 1.00 e. The molecule has 0 aliphatic heterocycles. The van der Waals surface area contributed by atoms with Crippen molar-refractivity contribution in [1.29, 1.82) is 0 Å². The maximum absolute atomic E-state index is 11.9. The van der Waals surface area contributed by atoms with Crippen molar-refractivity contribution < 1.29 is 93.2 Å². The SMILES string of the molecule is CC(C)c1cccc(C(C)C)c1OC(=O)COC(C(=O)[O-])C(=O)[O-].[Na+].[Na+]. The molecule has 0 aliphatic carbocycles. The molecule has 0 fully saturated rings. The zero-order valence-electron chi connectivity index (χ0n) is 16.0. The first kappa shape index (κ1) is 27.8. The molecule has 1 aromatic rings. The molecule has 26 heavy (non-hydrogen) atoms. The van der Waals surface area contributed by atoms with Gasteiger partial charge >= 0.3 is 65.1 Å². The standard InChI is InChI=1S/C17H22O7.2Na/c1-9(2)11-6-5-7-12(10(3)4)14(11)24-13(18)8-23-15(16(19)20)17(21)22;;/h5-7,9-10,15H,8H2,1-4H3,(H,19,20)(H,21,22);;/q;2*+1/p-2. The minimum atomic E-state index is -2.33. The second-order valence-electron chi connectivity index (χ2n) is 5.88. The van der Waals surface area contributed by atoms with Gasteiger partial charge in [-0.15, -0.1) is 0 Å². The van der Waals surface area contributed by atoms with Gasteiger partial charge in [-0.2, -0.15) is 0 Å². The Kier molecular flexibility index (Phi) is 13.8. The fourth-order valence-electron chi connectivity index (χ4n) is 2.13. The number of benzene rings is 1. The number of aliphatic carboxylic acids is 2. The van der Waals surface area contributed by atoms with E-state index in [4.69, 9.17) is 4.74 Å². The van der Waals surface area contributed by atoms with Crippen molar-refractivity contribution in [1.82, 2.24) is 0 Å². The third-order valence-electron chi connectivity index (χ3n) is 3.33. The summed E-state index contributed by atoms with van der Waals surface area (Å²) >= 11 is 0. The Hall–Kier alpha value is -0.410. The molecule has 0 radical (unpaired) electrons. The van der Waals surface area contributed by atoms with Crippen molar-refractivity contribution in [3.63, 3.8) is 0 Å². The van der Waals surface area contributed by atoms with E-state index >= 15 is 0 Å². The first-order valence-electron chi connectivity index (χ1n) is 7.51. The molecule has 0 atom stereocenters. The van der Waals surface area contributed by atoms with Gasteiger partial charge in [-0.05, 0) is 23.0 Å². The predicted octanol–water partition coefficient (Wildman–Crippen LogP) is -6.27. The molecule has 0 amide bonds. The molecular weight excluding hydrogens is 362 g/mol. The Morgan fingerprint density at radius 1 is 0.923 bits per heavy atom. The number of hydrogen-bond donors (Lipinski definition) is 0. The first-order valence-corrected chi connectivity index (χ1v) is 7.51. The van der Waals surface area contributed by atoms with Gasteiger partial charge in [0.1, 0.15) is 18.5 Å². The Balaban J connectivity index is 0. The van der Waals surface area contributed by atoms with E-state index < -0.39 is 30.6 Å². The van der Waals surface area contributed by atoms with E-state index in [0.29, 0.717) is 5.75 Å². The molecule has 9 heteroatoms. The van der Waals surface area contributed by atoms with Gasteiger partial charge in [0, 0.05) is 0 Å². The monoisotopic (exact) mass is 382 g/mol. The molecule has 0 aromatic heterocycles. The number of rotatable bonds is 8. The molecule has 1 aromatic carbocycles. The average molecular weight is 382 g/mol. The molecule has 0 N–H and O–H groups in total. The van der Waals surface area contributed by atoms with E-state index in [1.54, 1.807) is 0 Å². The molecule has 0 aliphatic rings. The molecule has 0 unspecified atom stereocenters. The Labute approximate surface area is 197 Å². The van der Waals surface area contributed by atoms with E-state index in [9.17, 15) is 24.6 Å².